The molecule has 3 aromatic carbocycles. The highest BCUT2D eigenvalue weighted by molar-refractivity contribution is 5.91. The molecule has 0 amide bonds. The van der Waals surface area contributed by atoms with Crippen molar-refractivity contribution in [3.8, 4) is 22.6 Å². The smallest absolute Gasteiger partial charge is 0.343 e. The number of ether oxygens (including phenoxy) is 2. The lowest BCUT2D eigenvalue weighted by atomic mass is 9.99. The molecule has 0 aromatic heterocycles. The fourth-order valence-electron chi connectivity index (χ4n) is 4.07. The molecular formula is C32H39FO3. The second-order valence-corrected chi connectivity index (χ2v) is 9.59. The zero-order valence-electron chi connectivity index (χ0n) is 21.9. The number of hydrogen-bond donors (Lipinski definition) is 0. The van der Waals surface area contributed by atoms with Crippen molar-refractivity contribution >= 4 is 5.97 Å². The Labute approximate surface area is 215 Å². The maximum atomic E-state index is 14.5. The minimum absolute atomic E-state index is 0.0477. The zero-order chi connectivity index (χ0) is 25.8. The quantitative estimate of drug-likeness (QED) is 0.128. The normalized spacial score (nSPS) is 11.8. The van der Waals surface area contributed by atoms with Gasteiger partial charge in [0.15, 0.2) is 11.6 Å². The van der Waals surface area contributed by atoms with Gasteiger partial charge in [0.2, 0.25) is 0 Å². The van der Waals surface area contributed by atoms with Gasteiger partial charge in [-0.15, -0.1) is 0 Å². The average Bonchev–Trinajstić information content (AvgIpc) is 2.90. The van der Waals surface area contributed by atoms with Crippen LogP contribution in [0.25, 0.3) is 11.1 Å². The number of esters is 1. The van der Waals surface area contributed by atoms with Crippen LogP contribution in [0.3, 0.4) is 0 Å². The highest BCUT2D eigenvalue weighted by Crippen LogP contribution is 2.25. The van der Waals surface area contributed by atoms with Gasteiger partial charge in [0.25, 0.3) is 0 Å². The summed E-state index contributed by atoms with van der Waals surface area (Å²) in [4.78, 5) is 12.6. The third kappa shape index (κ3) is 8.51. The minimum Gasteiger partial charge on any atom is -0.494 e. The topological polar surface area (TPSA) is 35.5 Å². The van der Waals surface area contributed by atoms with Crippen molar-refractivity contribution in [1.29, 1.82) is 0 Å². The highest BCUT2D eigenvalue weighted by Gasteiger charge is 2.13. The summed E-state index contributed by atoms with van der Waals surface area (Å²) in [7, 11) is 0. The maximum absolute atomic E-state index is 14.5. The Balaban J connectivity index is 1.51. The molecule has 0 aliphatic carbocycles. The third-order valence-corrected chi connectivity index (χ3v) is 6.55. The second kappa shape index (κ2) is 14.4. The van der Waals surface area contributed by atoms with Gasteiger partial charge >= 0.3 is 5.97 Å². The minimum atomic E-state index is -0.575. The van der Waals surface area contributed by atoms with Crippen LogP contribution in [0.2, 0.25) is 0 Å². The fraction of sp³-hybridized carbons (Fsp3) is 0.406. The summed E-state index contributed by atoms with van der Waals surface area (Å²) in [6.45, 7) is 7.22. The van der Waals surface area contributed by atoms with Crippen LogP contribution in [0, 0.1) is 11.7 Å². The lowest BCUT2D eigenvalue weighted by molar-refractivity contribution is 0.0728. The molecule has 0 aliphatic rings. The zero-order valence-corrected chi connectivity index (χ0v) is 21.9. The number of hydrogen-bond acceptors (Lipinski definition) is 3. The third-order valence-electron chi connectivity index (χ3n) is 6.55. The van der Waals surface area contributed by atoms with Crippen molar-refractivity contribution < 1.29 is 18.7 Å². The molecule has 192 valence electrons. The molecule has 3 rings (SSSR count). The summed E-state index contributed by atoms with van der Waals surface area (Å²) in [5.41, 5.74) is 3.30. The van der Waals surface area contributed by atoms with Gasteiger partial charge in [-0.2, -0.15) is 0 Å². The van der Waals surface area contributed by atoms with Crippen LogP contribution in [-0.2, 0) is 6.42 Å². The van der Waals surface area contributed by atoms with Crippen molar-refractivity contribution in [2.75, 3.05) is 6.61 Å². The van der Waals surface area contributed by atoms with E-state index in [9.17, 15) is 9.18 Å². The van der Waals surface area contributed by atoms with Crippen LogP contribution in [0.5, 0.6) is 11.5 Å². The monoisotopic (exact) mass is 490 g/mol. The summed E-state index contributed by atoms with van der Waals surface area (Å²) in [6.07, 6.45) is 9.29. The van der Waals surface area contributed by atoms with E-state index in [2.05, 4.69) is 20.8 Å². The molecule has 3 nitrogen and oxygen atoms in total. The molecular weight excluding hydrogens is 451 g/mol. The lowest BCUT2D eigenvalue weighted by Crippen LogP contribution is -2.09. The van der Waals surface area contributed by atoms with Gasteiger partial charge in [0.05, 0.1) is 12.2 Å². The van der Waals surface area contributed by atoms with Gasteiger partial charge in [-0.25, -0.2) is 9.18 Å². The van der Waals surface area contributed by atoms with Crippen molar-refractivity contribution in [3.05, 3.63) is 83.7 Å². The number of unbranched alkanes of at least 4 members (excludes halogenated alkanes) is 5. The van der Waals surface area contributed by atoms with E-state index in [4.69, 9.17) is 9.47 Å². The number of halogens is 1. The second-order valence-electron chi connectivity index (χ2n) is 9.59. The van der Waals surface area contributed by atoms with E-state index in [1.54, 1.807) is 12.1 Å². The maximum Gasteiger partial charge on any atom is 0.343 e. The molecule has 0 N–H and O–H groups in total. The highest BCUT2D eigenvalue weighted by atomic mass is 19.1. The first-order chi connectivity index (χ1) is 17.5. The molecule has 4 heteroatoms. The van der Waals surface area contributed by atoms with Gasteiger partial charge in [-0.05, 0) is 71.8 Å². The molecule has 0 heterocycles. The van der Waals surface area contributed by atoms with Gasteiger partial charge in [-0.3, -0.25) is 0 Å². The molecule has 3 aromatic rings. The van der Waals surface area contributed by atoms with E-state index >= 15 is 0 Å². The molecule has 0 saturated carbocycles. The van der Waals surface area contributed by atoms with Crippen LogP contribution < -0.4 is 9.47 Å². The van der Waals surface area contributed by atoms with Crippen LogP contribution in [0.1, 0.15) is 81.6 Å². The van der Waals surface area contributed by atoms with Crippen LogP contribution in [0.4, 0.5) is 4.39 Å². The van der Waals surface area contributed by atoms with Crippen LogP contribution in [-0.4, -0.2) is 12.6 Å². The largest absolute Gasteiger partial charge is 0.494 e. The molecule has 0 saturated heterocycles. The molecule has 0 radical (unpaired) electrons. The standard InChI is InChI=1S/C32H39FO3/c1-4-6-7-8-9-10-21-35-29-18-16-27(17-19-29)26-12-14-28(15-13-26)32(34)36-31-20-11-25(23-30(31)33)22-24(3)5-2/h11-20,23-24H,4-10,21-22H2,1-3H3/t24-/m0/s1. The number of rotatable bonds is 14. The first kappa shape index (κ1) is 27.4. The van der Waals surface area contributed by atoms with Crippen LogP contribution in [0.15, 0.2) is 66.7 Å². The van der Waals surface area contributed by atoms with Gasteiger partial charge in [-0.1, -0.05) is 89.6 Å². The van der Waals surface area contributed by atoms with Crippen molar-refractivity contribution in [3.63, 3.8) is 0 Å². The van der Waals surface area contributed by atoms with E-state index in [-0.39, 0.29) is 5.75 Å². The van der Waals surface area contributed by atoms with Gasteiger partial charge in [0, 0.05) is 0 Å². The Morgan fingerprint density at radius 1 is 0.833 bits per heavy atom. The summed E-state index contributed by atoms with van der Waals surface area (Å²) in [5.74, 6) is 0.205. The lowest BCUT2D eigenvalue weighted by Gasteiger charge is -2.11. The van der Waals surface area contributed by atoms with E-state index in [0.29, 0.717) is 11.5 Å². The Hall–Kier alpha value is -3.14. The van der Waals surface area contributed by atoms with Crippen LogP contribution >= 0.6 is 0 Å². The SMILES string of the molecule is CCCCCCCCOc1ccc(-c2ccc(C(=O)Oc3ccc(C[C@@H](C)CC)cc3F)cc2)cc1. The van der Waals surface area contributed by atoms with E-state index < -0.39 is 11.8 Å². The van der Waals surface area contributed by atoms with E-state index in [1.807, 2.05) is 42.5 Å². The molecule has 1 atom stereocenters. The summed E-state index contributed by atoms with van der Waals surface area (Å²) in [5, 5.41) is 0. The summed E-state index contributed by atoms with van der Waals surface area (Å²) >= 11 is 0. The van der Waals surface area contributed by atoms with Crippen molar-refractivity contribution in [2.45, 2.75) is 72.1 Å². The number of benzene rings is 3. The Morgan fingerprint density at radius 3 is 2.11 bits per heavy atom. The Kier molecular flexibility index (Phi) is 11.0. The Bertz CT molecular complexity index is 1070. The summed E-state index contributed by atoms with van der Waals surface area (Å²) < 4.78 is 25.7. The van der Waals surface area contributed by atoms with Crippen molar-refractivity contribution in [2.24, 2.45) is 5.92 Å². The van der Waals surface area contributed by atoms with Gasteiger partial charge < -0.3 is 9.47 Å². The molecule has 0 spiro atoms. The van der Waals surface area contributed by atoms with Crippen molar-refractivity contribution in [1.82, 2.24) is 0 Å². The predicted octanol–water partition coefficient (Wildman–Crippen LogP) is 9.04. The first-order valence-corrected chi connectivity index (χ1v) is 13.3. The predicted molar refractivity (Wildman–Crippen MR) is 145 cm³/mol. The molecule has 36 heavy (non-hydrogen) atoms. The fourth-order valence-corrected chi connectivity index (χ4v) is 4.07. The van der Waals surface area contributed by atoms with E-state index in [1.165, 1.54) is 44.2 Å². The summed E-state index contributed by atoms with van der Waals surface area (Å²) in [6, 6.07) is 19.9. The van der Waals surface area contributed by atoms with E-state index in [0.717, 1.165) is 48.3 Å². The molecule has 0 aliphatic heterocycles. The number of carbonyl (C=O) groups excluding carboxylic acids is 1. The average molecular weight is 491 g/mol. The molecule has 0 bridgehead atoms. The molecule has 0 fully saturated rings. The first-order valence-electron chi connectivity index (χ1n) is 13.3. The molecule has 0 unspecified atom stereocenters. The number of carbonyl (C=O) groups is 1. The van der Waals surface area contributed by atoms with Gasteiger partial charge in [0.1, 0.15) is 5.75 Å². The Morgan fingerprint density at radius 2 is 1.47 bits per heavy atom.